The molecule has 0 saturated heterocycles. The highest BCUT2D eigenvalue weighted by Crippen LogP contribution is 2.17. The Morgan fingerprint density at radius 1 is 1.30 bits per heavy atom. The molecular weight excluding hydrogens is 256 g/mol. The first-order chi connectivity index (χ1) is 4.79. The SMILES string of the molecule is BrC(Br)=Cc1cc[c]cc1. The van der Waals surface area contributed by atoms with Gasteiger partial charge in [0.1, 0.15) is 0 Å². The van der Waals surface area contributed by atoms with E-state index in [0.29, 0.717) is 0 Å². The lowest BCUT2D eigenvalue weighted by Gasteiger charge is -1.89. The van der Waals surface area contributed by atoms with E-state index >= 15 is 0 Å². The molecule has 1 aromatic carbocycles. The van der Waals surface area contributed by atoms with Crippen LogP contribution in [0.5, 0.6) is 0 Å². The molecule has 51 valence electrons. The zero-order valence-electron chi connectivity index (χ0n) is 5.14. The molecule has 0 amide bonds. The molecule has 0 fully saturated rings. The Kier molecular flexibility index (Phi) is 3.16. The van der Waals surface area contributed by atoms with Crippen LogP contribution in [0, 0.1) is 6.07 Å². The van der Waals surface area contributed by atoms with E-state index in [4.69, 9.17) is 0 Å². The Labute approximate surface area is 77.2 Å². The quantitative estimate of drug-likeness (QED) is 0.724. The molecular formula is C8H5Br2. The average molecular weight is 261 g/mol. The summed E-state index contributed by atoms with van der Waals surface area (Å²) < 4.78 is 0.950. The maximum Gasteiger partial charge on any atom is 0.0610 e. The number of halogens is 2. The van der Waals surface area contributed by atoms with E-state index in [2.05, 4.69) is 37.9 Å². The summed E-state index contributed by atoms with van der Waals surface area (Å²) in [5.41, 5.74) is 1.16. The van der Waals surface area contributed by atoms with Crippen molar-refractivity contribution in [2.24, 2.45) is 0 Å². The third-order valence-corrected chi connectivity index (χ3v) is 1.48. The zero-order valence-corrected chi connectivity index (χ0v) is 8.31. The Morgan fingerprint density at radius 3 is 2.40 bits per heavy atom. The highest BCUT2D eigenvalue weighted by molar-refractivity contribution is 9.28. The minimum Gasteiger partial charge on any atom is -0.0543 e. The van der Waals surface area contributed by atoms with Crippen LogP contribution in [-0.2, 0) is 0 Å². The fraction of sp³-hybridized carbons (Fsp3) is 0. The minimum absolute atomic E-state index is 0.950. The van der Waals surface area contributed by atoms with E-state index in [0.717, 1.165) is 8.96 Å². The Bertz CT molecular complexity index is 222. The monoisotopic (exact) mass is 259 g/mol. The smallest absolute Gasteiger partial charge is 0.0543 e. The Morgan fingerprint density at radius 2 is 1.90 bits per heavy atom. The maximum atomic E-state index is 3.28. The van der Waals surface area contributed by atoms with Crippen LogP contribution in [0.1, 0.15) is 5.56 Å². The topological polar surface area (TPSA) is 0 Å². The summed E-state index contributed by atoms with van der Waals surface area (Å²) in [6.07, 6.45) is 1.98. The van der Waals surface area contributed by atoms with E-state index in [1.165, 1.54) is 0 Å². The molecule has 0 aliphatic carbocycles. The van der Waals surface area contributed by atoms with Crippen molar-refractivity contribution in [3.63, 3.8) is 0 Å². The van der Waals surface area contributed by atoms with Gasteiger partial charge in [-0.15, -0.1) is 0 Å². The van der Waals surface area contributed by atoms with Crippen molar-refractivity contribution in [2.45, 2.75) is 0 Å². The van der Waals surface area contributed by atoms with Crippen molar-refractivity contribution in [1.82, 2.24) is 0 Å². The molecule has 0 aromatic heterocycles. The van der Waals surface area contributed by atoms with Crippen molar-refractivity contribution in [3.8, 4) is 0 Å². The maximum absolute atomic E-state index is 3.28. The lowest BCUT2D eigenvalue weighted by atomic mass is 10.2. The van der Waals surface area contributed by atoms with Crippen molar-refractivity contribution in [3.05, 3.63) is 39.3 Å². The summed E-state index contributed by atoms with van der Waals surface area (Å²) in [7, 11) is 0. The molecule has 0 saturated carbocycles. The Hall–Kier alpha value is -0.0800. The predicted molar refractivity (Wildman–Crippen MR) is 51.1 cm³/mol. The van der Waals surface area contributed by atoms with E-state index in [9.17, 15) is 0 Å². The molecule has 0 aliphatic heterocycles. The minimum atomic E-state index is 0.950. The Balaban J connectivity index is 2.87. The average Bonchev–Trinajstić information content (AvgIpc) is 1.88. The second-order valence-electron chi connectivity index (χ2n) is 1.77. The van der Waals surface area contributed by atoms with E-state index in [1.54, 1.807) is 0 Å². The summed E-state index contributed by atoms with van der Waals surface area (Å²) in [5.74, 6) is 0. The summed E-state index contributed by atoms with van der Waals surface area (Å²) in [6, 6.07) is 10.7. The number of rotatable bonds is 1. The van der Waals surface area contributed by atoms with E-state index in [-0.39, 0.29) is 0 Å². The summed E-state index contributed by atoms with van der Waals surface area (Å²) >= 11 is 6.56. The first-order valence-electron chi connectivity index (χ1n) is 2.78. The molecule has 0 N–H and O–H groups in total. The first-order valence-corrected chi connectivity index (χ1v) is 4.36. The van der Waals surface area contributed by atoms with Gasteiger partial charge < -0.3 is 0 Å². The fourth-order valence-electron chi connectivity index (χ4n) is 0.622. The molecule has 2 heteroatoms. The number of benzene rings is 1. The van der Waals surface area contributed by atoms with Crippen LogP contribution in [-0.4, -0.2) is 0 Å². The molecule has 1 radical (unpaired) electrons. The number of hydrogen-bond acceptors (Lipinski definition) is 0. The van der Waals surface area contributed by atoms with Gasteiger partial charge in [-0.2, -0.15) is 0 Å². The van der Waals surface area contributed by atoms with Gasteiger partial charge in [-0.1, -0.05) is 24.3 Å². The van der Waals surface area contributed by atoms with Gasteiger partial charge in [-0.3, -0.25) is 0 Å². The third-order valence-electron chi connectivity index (χ3n) is 1.02. The lowest BCUT2D eigenvalue weighted by Crippen LogP contribution is -1.67. The normalized spacial score (nSPS) is 9.00. The third kappa shape index (κ3) is 2.67. The van der Waals surface area contributed by atoms with E-state index in [1.807, 2.05) is 30.3 Å². The predicted octanol–water partition coefficient (Wildman–Crippen LogP) is 3.57. The van der Waals surface area contributed by atoms with Crippen LogP contribution in [0.25, 0.3) is 6.08 Å². The largest absolute Gasteiger partial charge is 0.0610 e. The van der Waals surface area contributed by atoms with Crippen LogP contribution in [0.3, 0.4) is 0 Å². The van der Waals surface area contributed by atoms with Gasteiger partial charge in [-0.25, -0.2) is 0 Å². The van der Waals surface area contributed by atoms with Crippen LogP contribution < -0.4 is 0 Å². The second-order valence-corrected chi connectivity index (χ2v) is 4.54. The highest BCUT2D eigenvalue weighted by Gasteiger charge is 1.84. The van der Waals surface area contributed by atoms with Gasteiger partial charge in [0.25, 0.3) is 0 Å². The van der Waals surface area contributed by atoms with Gasteiger partial charge in [0, 0.05) is 0 Å². The van der Waals surface area contributed by atoms with Gasteiger partial charge in [0.05, 0.1) is 3.39 Å². The molecule has 0 unspecified atom stereocenters. The summed E-state index contributed by atoms with van der Waals surface area (Å²) in [6.45, 7) is 0. The van der Waals surface area contributed by atoms with Crippen molar-refractivity contribution < 1.29 is 0 Å². The van der Waals surface area contributed by atoms with Gasteiger partial charge in [0.2, 0.25) is 0 Å². The van der Waals surface area contributed by atoms with Crippen LogP contribution in [0.2, 0.25) is 0 Å². The van der Waals surface area contributed by atoms with Gasteiger partial charge >= 0.3 is 0 Å². The molecule has 10 heavy (non-hydrogen) atoms. The molecule has 0 aliphatic rings. The standard InChI is InChI=1S/C8H5Br2/c9-8(10)6-7-4-2-1-3-5-7/h2-6H. The molecule has 0 heterocycles. The van der Waals surface area contributed by atoms with Crippen molar-refractivity contribution in [1.29, 1.82) is 0 Å². The van der Waals surface area contributed by atoms with E-state index < -0.39 is 0 Å². The van der Waals surface area contributed by atoms with Gasteiger partial charge in [0.15, 0.2) is 0 Å². The molecule has 0 spiro atoms. The fourth-order valence-corrected chi connectivity index (χ4v) is 1.15. The molecule has 1 aromatic rings. The number of hydrogen-bond donors (Lipinski definition) is 0. The van der Waals surface area contributed by atoms with Crippen molar-refractivity contribution in [2.75, 3.05) is 0 Å². The molecule has 0 bridgehead atoms. The lowest BCUT2D eigenvalue weighted by molar-refractivity contribution is 1.65. The van der Waals surface area contributed by atoms with Crippen LogP contribution in [0.15, 0.2) is 27.7 Å². The molecule has 0 atom stereocenters. The summed E-state index contributed by atoms with van der Waals surface area (Å²) in [4.78, 5) is 0. The molecule has 0 nitrogen and oxygen atoms in total. The summed E-state index contributed by atoms with van der Waals surface area (Å²) in [5, 5.41) is 0. The first kappa shape index (κ1) is 8.02. The zero-order chi connectivity index (χ0) is 7.40. The van der Waals surface area contributed by atoms with Gasteiger partial charge in [-0.05, 0) is 49.6 Å². The second kappa shape index (κ2) is 3.94. The molecule has 1 rings (SSSR count). The van der Waals surface area contributed by atoms with Crippen LogP contribution in [0.4, 0.5) is 0 Å². The highest BCUT2D eigenvalue weighted by atomic mass is 79.9. The van der Waals surface area contributed by atoms with Crippen LogP contribution >= 0.6 is 31.9 Å². The van der Waals surface area contributed by atoms with Crippen molar-refractivity contribution >= 4 is 37.9 Å².